The van der Waals surface area contributed by atoms with Gasteiger partial charge in [-0.1, -0.05) is 0 Å². The number of urea groups is 1. The van der Waals surface area contributed by atoms with Crippen LogP contribution in [0, 0.1) is 10.6 Å². The lowest BCUT2D eigenvalue weighted by Crippen LogP contribution is -2.69. The highest BCUT2D eigenvalue weighted by molar-refractivity contribution is 7.71. The zero-order valence-corrected chi connectivity index (χ0v) is 13.9. The number of amides is 2. The molecule has 0 fully saturated rings. The Morgan fingerprint density at radius 3 is 2.00 bits per heavy atom. The summed E-state index contributed by atoms with van der Waals surface area (Å²) in [5, 5.41) is 2.54. The van der Waals surface area contributed by atoms with Gasteiger partial charge in [-0.2, -0.15) is 26.3 Å². The topological polar surface area (TPSA) is 78.9 Å². The second-order valence-electron chi connectivity index (χ2n) is 5.62. The first kappa shape index (κ1) is 19.9. The first-order valence-corrected chi connectivity index (χ1v) is 7.59. The van der Waals surface area contributed by atoms with E-state index in [2.05, 4.69) is 0 Å². The molecule has 0 bridgehead atoms. The molecule has 0 radical (unpaired) electrons. The van der Waals surface area contributed by atoms with Crippen LogP contribution < -0.4 is 16.2 Å². The van der Waals surface area contributed by atoms with Gasteiger partial charge in [0, 0.05) is 5.69 Å². The smallest absolute Gasteiger partial charge is 0.312 e. The predicted molar refractivity (Wildman–Crippen MR) is 83.1 cm³/mol. The van der Waals surface area contributed by atoms with Crippen LogP contribution in [0.25, 0.3) is 5.69 Å². The minimum Gasteiger partial charge on any atom is -0.312 e. The van der Waals surface area contributed by atoms with Gasteiger partial charge in [0.25, 0.3) is 11.1 Å². The number of aromatic nitrogens is 2. The summed E-state index contributed by atoms with van der Waals surface area (Å²) in [7, 11) is 0. The lowest BCUT2D eigenvalue weighted by molar-refractivity contribution is -0.310. The van der Waals surface area contributed by atoms with Crippen LogP contribution in [0.15, 0.2) is 29.1 Å². The number of benzene rings is 1. The zero-order chi connectivity index (χ0) is 21.1. The number of hydrogen-bond acceptors (Lipinski definition) is 3. The Bertz CT molecular complexity index is 1060. The molecule has 150 valence electrons. The Kier molecular flexibility index (Phi) is 4.29. The molecule has 2 amide bonds. The molecule has 0 aliphatic carbocycles. The number of aromatic amines is 1. The average Bonchev–Trinajstić information content (AvgIpc) is 2.53. The van der Waals surface area contributed by atoms with Crippen LogP contribution in [-0.4, -0.2) is 27.9 Å². The van der Waals surface area contributed by atoms with Crippen LogP contribution >= 0.6 is 12.2 Å². The Hall–Kier alpha value is -2.90. The summed E-state index contributed by atoms with van der Waals surface area (Å²) >= 11 is 4.82. The first-order valence-electron chi connectivity index (χ1n) is 7.18. The summed E-state index contributed by atoms with van der Waals surface area (Å²) in [5.74, 6) is -1.89. The normalized spacial score (nSPS) is 16.2. The summed E-state index contributed by atoms with van der Waals surface area (Å²) in [6, 6.07) is 1.83. The molecule has 0 unspecified atom stereocenters. The highest BCUT2D eigenvalue weighted by Gasteiger charge is 2.76. The van der Waals surface area contributed by atoms with Crippen LogP contribution in [0.4, 0.5) is 41.3 Å². The van der Waals surface area contributed by atoms with Crippen molar-refractivity contribution in [3.05, 3.63) is 50.8 Å². The van der Waals surface area contributed by atoms with Crippen LogP contribution in [-0.2, 0) is 5.54 Å². The first-order chi connectivity index (χ1) is 12.8. The van der Waals surface area contributed by atoms with Crippen molar-refractivity contribution in [2.45, 2.75) is 17.9 Å². The van der Waals surface area contributed by atoms with Gasteiger partial charge in [0.05, 0.1) is 0 Å². The maximum atomic E-state index is 13.6. The number of carbonyl (C=O) groups excluding carboxylic acids is 1. The van der Waals surface area contributed by atoms with Crippen molar-refractivity contribution >= 4 is 24.1 Å². The van der Waals surface area contributed by atoms with Crippen LogP contribution in [0.1, 0.15) is 5.56 Å². The van der Waals surface area contributed by atoms with Gasteiger partial charge in [0.2, 0.25) is 0 Å². The zero-order valence-electron chi connectivity index (χ0n) is 13.1. The van der Waals surface area contributed by atoms with Gasteiger partial charge in [0.1, 0.15) is 17.2 Å². The third kappa shape index (κ3) is 2.75. The van der Waals surface area contributed by atoms with Gasteiger partial charge in [-0.25, -0.2) is 9.18 Å². The summed E-state index contributed by atoms with van der Waals surface area (Å²) in [5.41, 5.74) is -8.85. The van der Waals surface area contributed by atoms with E-state index in [9.17, 15) is 40.3 Å². The number of H-pyrrole nitrogens is 1. The molecule has 28 heavy (non-hydrogen) atoms. The van der Waals surface area contributed by atoms with E-state index in [1.807, 2.05) is 0 Å². The quantitative estimate of drug-likeness (QED) is 0.481. The highest BCUT2D eigenvalue weighted by atomic mass is 32.1. The Labute approximate surface area is 155 Å². The minimum absolute atomic E-state index is 0.195. The Balaban J connectivity index is 2.50. The molecule has 6 nitrogen and oxygen atoms in total. The number of halogens is 7. The third-order valence-corrected chi connectivity index (χ3v) is 4.24. The third-order valence-electron chi connectivity index (χ3n) is 3.95. The Morgan fingerprint density at radius 1 is 0.964 bits per heavy atom. The molecule has 0 saturated heterocycles. The summed E-state index contributed by atoms with van der Waals surface area (Å²) in [6.45, 7) is 0. The molecule has 1 aliphatic heterocycles. The summed E-state index contributed by atoms with van der Waals surface area (Å²) < 4.78 is 94.8. The molecular formula is C14H7F7N4O2S. The number of fused-ring (bicyclic) bond motifs is 1. The second-order valence-corrected chi connectivity index (χ2v) is 6.01. The fourth-order valence-corrected chi connectivity index (χ4v) is 3.09. The second kappa shape index (κ2) is 6.05. The number of rotatable bonds is 1. The number of nitrogens with one attached hydrogen (secondary N) is 3. The number of carbonyl (C=O) groups is 1. The predicted octanol–water partition coefficient (Wildman–Crippen LogP) is 3.49. The van der Waals surface area contributed by atoms with Crippen LogP contribution in [0.3, 0.4) is 0 Å². The fraction of sp³-hybridized carbons (Fsp3) is 0.214. The van der Waals surface area contributed by atoms with Gasteiger partial charge in [-0.3, -0.25) is 19.7 Å². The van der Waals surface area contributed by atoms with E-state index in [4.69, 9.17) is 12.2 Å². The van der Waals surface area contributed by atoms with E-state index < -0.39 is 51.5 Å². The maximum absolute atomic E-state index is 13.6. The molecule has 14 heteroatoms. The van der Waals surface area contributed by atoms with Gasteiger partial charge in [-0.15, -0.1) is 0 Å². The van der Waals surface area contributed by atoms with E-state index in [0.717, 1.165) is 29.6 Å². The van der Waals surface area contributed by atoms with Crippen molar-refractivity contribution in [3.63, 3.8) is 0 Å². The van der Waals surface area contributed by atoms with Gasteiger partial charge >= 0.3 is 18.4 Å². The molecule has 2 heterocycles. The van der Waals surface area contributed by atoms with E-state index in [0.29, 0.717) is 4.57 Å². The number of nitrogens with zero attached hydrogens (tertiary/aromatic N) is 1. The van der Waals surface area contributed by atoms with Crippen molar-refractivity contribution in [1.82, 2.24) is 14.9 Å². The lowest BCUT2D eigenvalue weighted by atomic mass is 9.87. The number of hydrogen-bond donors (Lipinski definition) is 3. The molecular weight excluding hydrogens is 421 g/mol. The van der Waals surface area contributed by atoms with E-state index in [1.165, 1.54) is 0 Å². The maximum Gasteiger partial charge on any atom is 0.425 e. The Morgan fingerprint density at radius 2 is 1.50 bits per heavy atom. The standard InChI is InChI=1S/C14H7F7N4O2S/c15-5-1-3-6(4-2-5)25-8-7(9(26)23-11(25)28)12(13(16,17)18,14(19,20)21)24-10(27)22-8/h1-4H,(H2,22,24,27)(H,23,26,28). The lowest BCUT2D eigenvalue weighted by Gasteiger charge is -2.41. The molecule has 1 aromatic heterocycles. The van der Waals surface area contributed by atoms with Crippen LogP contribution in [0.5, 0.6) is 0 Å². The van der Waals surface area contributed by atoms with Crippen molar-refractivity contribution in [3.8, 4) is 5.69 Å². The average molecular weight is 428 g/mol. The molecule has 1 aromatic carbocycles. The molecule has 0 atom stereocenters. The van der Waals surface area contributed by atoms with E-state index in [1.54, 1.807) is 10.3 Å². The largest absolute Gasteiger partial charge is 0.425 e. The molecule has 0 saturated carbocycles. The van der Waals surface area contributed by atoms with Gasteiger partial charge < -0.3 is 5.32 Å². The van der Waals surface area contributed by atoms with Crippen molar-refractivity contribution in [2.24, 2.45) is 0 Å². The summed E-state index contributed by atoms with van der Waals surface area (Å²) in [6.07, 6.45) is -12.3. The minimum atomic E-state index is -6.13. The van der Waals surface area contributed by atoms with Gasteiger partial charge in [0.15, 0.2) is 4.77 Å². The van der Waals surface area contributed by atoms with E-state index in [-0.39, 0.29) is 5.69 Å². The molecule has 3 rings (SSSR count). The van der Waals surface area contributed by atoms with Crippen molar-refractivity contribution in [2.75, 3.05) is 5.32 Å². The van der Waals surface area contributed by atoms with Crippen molar-refractivity contribution in [1.29, 1.82) is 0 Å². The molecule has 0 spiro atoms. The molecule has 1 aliphatic rings. The monoisotopic (exact) mass is 428 g/mol. The molecule has 2 aromatic rings. The summed E-state index contributed by atoms with van der Waals surface area (Å²) in [4.78, 5) is 25.6. The number of alkyl halides is 6. The van der Waals surface area contributed by atoms with Crippen molar-refractivity contribution < 1.29 is 35.5 Å². The van der Waals surface area contributed by atoms with Crippen LogP contribution in [0.2, 0.25) is 0 Å². The fourth-order valence-electron chi connectivity index (χ4n) is 2.80. The highest BCUT2D eigenvalue weighted by Crippen LogP contribution is 2.52. The van der Waals surface area contributed by atoms with E-state index >= 15 is 0 Å². The SMILES string of the molecule is O=C1Nc2c(c(=O)[nH]c(=S)n2-c2ccc(F)cc2)C(C(F)(F)F)(C(F)(F)F)N1. The number of anilines is 1. The van der Waals surface area contributed by atoms with Gasteiger partial charge in [-0.05, 0) is 36.5 Å². The molecule has 3 N–H and O–H groups in total.